The van der Waals surface area contributed by atoms with E-state index in [1.165, 1.54) is 0 Å². The average molecular weight is 321 g/mol. The van der Waals surface area contributed by atoms with E-state index in [1.807, 2.05) is 0 Å². The van der Waals surface area contributed by atoms with Gasteiger partial charge in [0.05, 0.1) is 0 Å². The van der Waals surface area contributed by atoms with Gasteiger partial charge in [-0.05, 0) is 33.7 Å². The smallest absolute Gasteiger partial charge is 0.314 e. The summed E-state index contributed by atoms with van der Waals surface area (Å²) in [5.74, 6) is -2.00. The van der Waals surface area contributed by atoms with Crippen molar-refractivity contribution in [2.24, 2.45) is 0 Å². The van der Waals surface area contributed by atoms with Crippen LogP contribution in [0, 0.1) is 0 Å². The third-order valence-electron chi connectivity index (χ3n) is 1.31. The molecule has 0 saturated heterocycles. The normalized spacial score (nSPS) is 11.5. The van der Waals surface area contributed by atoms with E-state index in [-0.39, 0.29) is 5.69 Å². The lowest BCUT2D eigenvalue weighted by atomic mass is 10.5. The molecule has 0 aromatic carbocycles. The van der Waals surface area contributed by atoms with Gasteiger partial charge in [-0.25, -0.2) is 0 Å². The second-order valence-electron chi connectivity index (χ2n) is 2.29. The van der Waals surface area contributed by atoms with E-state index >= 15 is 0 Å². The summed E-state index contributed by atoms with van der Waals surface area (Å²) in [6.07, 6.45) is -3.23. The number of anilines is 1. The van der Waals surface area contributed by atoms with Gasteiger partial charge in [-0.15, -0.1) is 11.8 Å². The number of hydrogen-bond acceptors (Lipinski definition) is 4. The maximum absolute atomic E-state index is 12.0. The van der Waals surface area contributed by atoms with Crippen molar-refractivity contribution in [3.8, 4) is 0 Å². The Morgan fingerprint density at radius 2 is 2.20 bits per heavy atom. The number of carbonyl (C=O) groups excluding carboxylic acids is 1. The van der Waals surface area contributed by atoms with Gasteiger partial charge in [0.1, 0.15) is 14.5 Å². The number of nitrogens with zero attached hydrogens (tertiary/aromatic N) is 1. The van der Waals surface area contributed by atoms with Crippen molar-refractivity contribution >= 4 is 50.8 Å². The first-order valence-corrected chi connectivity index (χ1v) is 6.22. The predicted molar refractivity (Wildman–Crippen MR) is 56.3 cm³/mol. The highest BCUT2D eigenvalue weighted by Gasteiger charge is 2.39. The fourth-order valence-corrected chi connectivity index (χ4v) is 2.64. The molecule has 1 amide bonds. The van der Waals surface area contributed by atoms with E-state index in [9.17, 15) is 18.0 Å². The number of aromatic nitrogens is 1. The Balaban J connectivity index is 2.89. The summed E-state index contributed by atoms with van der Waals surface area (Å²) in [5, 5.41) is 2.12. The van der Waals surface area contributed by atoms with E-state index in [0.29, 0.717) is 8.81 Å². The van der Waals surface area contributed by atoms with Crippen molar-refractivity contribution in [1.82, 2.24) is 4.37 Å². The third-order valence-corrected chi connectivity index (χ3v) is 3.58. The van der Waals surface area contributed by atoms with Crippen LogP contribution in [0.1, 0.15) is 0 Å². The topological polar surface area (TPSA) is 42.0 Å². The Labute approximate surface area is 99.7 Å². The zero-order valence-corrected chi connectivity index (χ0v) is 10.4. The van der Waals surface area contributed by atoms with Crippen LogP contribution < -0.4 is 5.32 Å². The third kappa shape index (κ3) is 3.08. The minimum atomic E-state index is -4.89. The molecule has 1 heterocycles. The van der Waals surface area contributed by atoms with Gasteiger partial charge >= 0.3 is 12.1 Å². The molecule has 1 aromatic rings. The SMILES string of the molecule is CSc1nsc(Br)c1NC(=O)C(F)(F)F. The minimum Gasteiger partial charge on any atom is -0.314 e. The van der Waals surface area contributed by atoms with E-state index in [4.69, 9.17) is 0 Å². The van der Waals surface area contributed by atoms with Gasteiger partial charge < -0.3 is 5.32 Å². The summed E-state index contributed by atoms with van der Waals surface area (Å²) >= 11 is 5.14. The standard InChI is InChI=1S/C6H4BrF3N2OS2/c1-14-4-2(3(7)15-12-4)11-5(13)6(8,9)10/h1H3,(H,11,13). The highest BCUT2D eigenvalue weighted by molar-refractivity contribution is 9.11. The van der Waals surface area contributed by atoms with Crippen LogP contribution in [0.25, 0.3) is 0 Å². The monoisotopic (exact) mass is 320 g/mol. The zero-order valence-electron chi connectivity index (χ0n) is 7.18. The summed E-state index contributed by atoms with van der Waals surface area (Å²) in [4.78, 5) is 10.7. The fourth-order valence-electron chi connectivity index (χ4n) is 0.683. The Bertz CT molecular complexity index is 379. The van der Waals surface area contributed by atoms with Crippen LogP contribution in [0.2, 0.25) is 0 Å². The molecule has 3 nitrogen and oxygen atoms in total. The first-order valence-electron chi connectivity index (χ1n) is 3.43. The molecule has 0 unspecified atom stereocenters. The number of carbonyl (C=O) groups is 1. The van der Waals surface area contributed by atoms with Gasteiger partial charge in [-0.3, -0.25) is 4.79 Å². The van der Waals surface area contributed by atoms with Gasteiger partial charge in [0.15, 0.2) is 0 Å². The van der Waals surface area contributed by atoms with Gasteiger partial charge in [0.2, 0.25) is 0 Å². The van der Waals surface area contributed by atoms with Gasteiger partial charge in [0.25, 0.3) is 0 Å². The van der Waals surface area contributed by atoms with Crippen LogP contribution in [0.3, 0.4) is 0 Å². The highest BCUT2D eigenvalue weighted by Crippen LogP contribution is 2.36. The number of thioether (sulfide) groups is 1. The Morgan fingerprint density at radius 3 is 2.67 bits per heavy atom. The van der Waals surface area contributed by atoms with Crippen molar-refractivity contribution < 1.29 is 18.0 Å². The van der Waals surface area contributed by atoms with Crippen LogP contribution in [-0.4, -0.2) is 22.7 Å². The Morgan fingerprint density at radius 1 is 1.60 bits per heavy atom. The Kier molecular flexibility index (Phi) is 4.01. The maximum Gasteiger partial charge on any atom is 0.471 e. The minimum absolute atomic E-state index is 0.0647. The molecule has 9 heteroatoms. The van der Waals surface area contributed by atoms with Crippen molar-refractivity contribution in [2.75, 3.05) is 11.6 Å². The molecule has 15 heavy (non-hydrogen) atoms. The van der Waals surface area contributed by atoms with E-state index in [2.05, 4.69) is 20.3 Å². The molecule has 0 atom stereocenters. The molecule has 0 bridgehead atoms. The lowest BCUT2D eigenvalue weighted by Gasteiger charge is -2.07. The first-order chi connectivity index (χ1) is 6.86. The highest BCUT2D eigenvalue weighted by atomic mass is 79.9. The zero-order chi connectivity index (χ0) is 11.6. The summed E-state index contributed by atoms with van der Waals surface area (Å²) in [6.45, 7) is 0. The van der Waals surface area contributed by atoms with Crippen molar-refractivity contribution in [1.29, 1.82) is 0 Å². The summed E-state index contributed by atoms with van der Waals surface area (Å²) in [6, 6.07) is 0. The molecular formula is C6H4BrF3N2OS2. The predicted octanol–water partition coefficient (Wildman–Crippen LogP) is 3.13. The van der Waals surface area contributed by atoms with Crippen LogP contribution in [-0.2, 0) is 4.79 Å². The molecule has 0 aliphatic carbocycles. The molecule has 0 fully saturated rings. The maximum atomic E-state index is 12.0. The molecule has 0 aliphatic heterocycles. The molecule has 1 N–H and O–H groups in total. The molecular weight excluding hydrogens is 317 g/mol. The summed E-state index contributed by atoms with van der Waals surface area (Å²) in [7, 11) is 0. The molecule has 0 aliphatic rings. The number of amides is 1. The lowest BCUT2D eigenvalue weighted by Crippen LogP contribution is -2.30. The number of nitrogens with one attached hydrogen (secondary N) is 1. The quantitative estimate of drug-likeness (QED) is 0.851. The van der Waals surface area contributed by atoms with Crippen LogP contribution in [0.5, 0.6) is 0 Å². The van der Waals surface area contributed by atoms with Crippen molar-refractivity contribution in [2.45, 2.75) is 11.2 Å². The number of halogens is 4. The molecule has 0 saturated carbocycles. The fraction of sp³-hybridized carbons (Fsp3) is 0.333. The molecule has 84 valence electrons. The summed E-state index contributed by atoms with van der Waals surface area (Å²) < 4.78 is 40.1. The molecule has 0 spiro atoms. The van der Waals surface area contributed by atoms with E-state index in [1.54, 1.807) is 11.6 Å². The molecule has 1 rings (SSSR count). The second kappa shape index (κ2) is 4.71. The number of hydrogen-bond donors (Lipinski definition) is 1. The largest absolute Gasteiger partial charge is 0.471 e. The number of rotatable bonds is 2. The van der Waals surface area contributed by atoms with Crippen LogP contribution in [0.4, 0.5) is 18.9 Å². The molecule has 1 aromatic heterocycles. The van der Waals surface area contributed by atoms with Gasteiger partial charge in [-0.2, -0.15) is 17.5 Å². The second-order valence-corrected chi connectivity index (χ2v) is 5.18. The molecule has 0 radical (unpaired) electrons. The number of alkyl halides is 3. The van der Waals surface area contributed by atoms with E-state index < -0.39 is 12.1 Å². The lowest BCUT2D eigenvalue weighted by molar-refractivity contribution is -0.167. The van der Waals surface area contributed by atoms with E-state index in [0.717, 1.165) is 23.3 Å². The van der Waals surface area contributed by atoms with Crippen molar-refractivity contribution in [3.63, 3.8) is 0 Å². The summed E-state index contributed by atoms with van der Waals surface area (Å²) in [5.41, 5.74) is 0.0647. The van der Waals surface area contributed by atoms with Gasteiger partial charge in [-0.1, -0.05) is 0 Å². The van der Waals surface area contributed by atoms with Gasteiger partial charge in [0, 0.05) is 0 Å². The Hall–Kier alpha value is -0.280. The van der Waals surface area contributed by atoms with Crippen LogP contribution in [0.15, 0.2) is 8.81 Å². The van der Waals surface area contributed by atoms with Crippen LogP contribution >= 0.6 is 39.2 Å². The average Bonchev–Trinajstić information content (AvgIpc) is 2.46. The van der Waals surface area contributed by atoms with Crippen molar-refractivity contribution in [3.05, 3.63) is 3.79 Å². The first kappa shape index (κ1) is 12.8.